The van der Waals surface area contributed by atoms with E-state index in [4.69, 9.17) is 0 Å². The average molecular weight is 220 g/mol. The Bertz CT molecular complexity index is 254. The van der Waals surface area contributed by atoms with Crippen LogP contribution in [0, 0.1) is 5.92 Å². The van der Waals surface area contributed by atoms with Crippen LogP contribution >= 0.6 is 0 Å². The van der Waals surface area contributed by atoms with Crippen molar-refractivity contribution < 1.29 is 0 Å². The van der Waals surface area contributed by atoms with Gasteiger partial charge in [-0.25, -0.2) is 0 Å². The normalized spacial score (nSPS) is 10.2. The highest BCUT2D eigenvalue weighted by molar-refractivity contribution is 5.24. The molecule has 1 rings (SSSR count). The number of hydrogen-bond acceptors (Lipinski definition) is 0. The van der Waals surface area contributed by atoms with Crippen LogP contribution in [0.15, 0.2) is 24.3 Å². The lowest BCUT2D eigenvalue weighted by atomic mass is 9.98. The van der Waals surface area contributed by atoms with E-state index in [1.54, 1.807) is 0 Å². The first-order valence-electron chi connectivity index (χ1n) is 6.60. The molecule has 0 radical (unpaired) electrons. The molecule has 0 aromatic heterocycles. The SMILES string of the molecule is CC(C)Cc1ccc(C(C)C)cc1.CCC. The summed E-state index contributed by atoms with van der Waals surface area (Å²) in [5.74, 6) is 1.40. The molecule has 0 saturated carbocycles. The second-order valence-electron chi connectivity index (χ2n) is 5.20. The van der Waals surface area contributed by atoms with Crippen LogP contribution in [0.2, 0.25) is 0 Å². The minimum Gasteiger partial charge on any atom is -0.0656 e. The zero-order valence-corrected chi connectivity index (χ0v) is 11.9. The Balaban J connectivity index is 0.000000673. The van der Waals surface area contributed by atoms with Gasteiger partial charge in [0, 0.05) is 0 Å². The lowest BCUT2D eigenvalue weighted by molar-refractivity contribution is 0.647. The van der Waals surface area contributed by atoms with Crippen LogP contribution in [0.4, 0.5) is 0 Å². The molecule has 1 aromatic rings. The monoisotopic (exact) mass is 220 g/mol. The van der Waals surface area contributed by atoms with Gasteiger partial charge in [0.1, 0.15) is 0 Å². The van der Waals surface area contributed by atoms with Gasteiger partial charge in [0.25, 0.3) is 0 Å². The van der Waals surface area contributed by atoms with E-state index in [1.807, 2.05) is 0 Å². The lowest BCUT2D eigenvalue weighted by Gasteiger charge is -2.08. The molecule has 0 N–H and O–H groups in total. The van der Waals surface area contributed by atoms with Crippen molar-refractivity contribution in [3.05, 3.63) is 35.4 Å². The minimum atomic E-state index is 0.646. The summed E-state index contributed by atoms with van der Waals surface area (Å²) >= 11 is 0. The fourth-order valence-corrected chi connectivity index (χ4v) is 1.51. The van der Waals surface area contributed by atoms with Gasteiger partial charge in [-0.1, -0.05) is 72.2 Å². The van der Waals surface area contributed by atoms with Gasteiger partial charge in [-0.05, 0) is 29.4 Å². The Morgan fingerprint density at radius 1 is 0.875 bits per heavy atom. The summed E-state index contributed by atoms with van der Waals surface area (Å²) in [6.45, 7) is 13.2. The smallest absolute Gasteiger partial charge is 0.0219 e. The first kappa shape index (κ1) is 15.2. The number of benzene rings is 1. The molecule has 92 valence electrons. The molecule has 0 fully saturated rings. The van der Waals surface area contributed by atoms with E-state index in [-0.39, 0.29) is 0 Å². The van der Waals surface area contributed by atoms with Crippen molar-refractivity contribution in [2.75, 3.05) is 0 Å². The van der Waals surface area contributed by atoms with Crippen molar-refractivity contribution in [1.82, 2.24) is 0 Å². The van der Waals surface area contributed by atoms with E-state index in [1.165, 1.54) is 24.0 Å². The van der Waals surface area contributed by atoms with Crippen molar-refractivity contribution in [3.8, 4) is 0 Å². The van der Waals surface area contributed by atoms with Gasteiger partial charge in [0.15, 0.2) is 0 Å². The fraction of sp³-hybridized carbons (Fsp3) is 0.625. The third kappa shape index (κ3) is 6.66. The number of hydrogen-bond donors (Lipinski definition) is 0. The van der Waals surface area contributed by atoms with Crippen LogP contribution in [-0.2, 0) is 6.42 Å². The molecule has 0 saturated heterocycles. The lowest BCUT2D eigenvalue weighted by Crippen LogP contribution is -1.94. The molecule has 0 atom stereocenters. The molecule has 0 aliphatic carbocycles. The molecular formula is C16H28. The Kier molecular flexibility index (Phi) is 7.97. The van der Waals surface area contributed by atoms with Gasteiger partial charge in [0.05, 0.1) is 0 Å². The molecular weight excluding hydrogens is 192 g/mol. The molecule has 0 heteroatoms. The second-order valence-corrected chi connectivity index (χ2v) is 5.20. The number of rotatable bonds is 3. The Labute approximate surface area is 102 Å². The molecule has 0 spiro atoms. The highest BCUT2D eigenvalue weighted by Crippen LogP contribution is 2.16. The van der Waals surface area contributed by atoms with Crippen LogP contribution in [-0.4, -0.2) is 0 Å². The molecule has 0 amide bonds. The van der Waals surface area contributed by atoms with Crippen molar-refractivity contribution in [1.29, 1.82) is 0 Å². The van der Waals surface area contributed by atoms with Crippen molar-refractivity contribution >= 4 is 0 Å². The predicted molar refractivity (Wildman–Crippen MR) is 75.0 cm³/mol. The molecule has 0 bridgehead atoms. The Hall–Kier alpha value is -0.780. The van der Waals surface area contributed by atoms with Crippen LogP contribution in [0.3, 0.4) is 0 Å². The Morgan fingerprint density at radius 3 is 1.62 bits per heavy atom. The summed E-state index contributed by atoms with van der Waals surface area (Å²) in [5.41, 5.74) is 2.90. The summed E-state index contributed by atoms with van der Waals surface area (Å²) in [6, 6.07) is 9.02. The van der Waals surface area contributed by atoms with Crippen molar-refractivity contribution in [2.24, 2.45) is 5.92 Å². The maximum absolute atomic E-state index is 2.26. The van der Waals surface area contributed by atoms with E-state index in [0.29, 0.717) is 5.92 Å². The van der Waals surface area contributed by atoms with Crippen LogP contribution in [0.1, 0.15) is 65.0 Å². The van der Waals surface area contributed by atoms with Crippen LogP contribution in [0.25, 0.3) is 0 Å². The van der Waals surface area contributed by atoms with E-state index in [0.717, 1.165) is 5.92 Å². The maximum atomic E-state index is 2.26. The summed E-state index contributed by atoms with van der Waals surface area (Å²) in [7, 11) is 0. The summed E-state index contributed by atoms with van der Waals surface area (Å²) in [4.78, 5) is 0. The molecule has 0 heterocycles. The van der Waals surface area contributed by atoms with E-state index < -0.39 is 0 Å². The standard InChI is InChI=1S/C13H20.C3H8/c1-10(2)9-12-5-7-13(8-6-12)11(3)4;1-3-2/h5-8,10-11H,9H2,1-4H3;3H2,1-2H3. The third-order valence-corrected chi connectivity index (χ3v) is 2.29. The first-order valence-corrected chi connectivity index (χ1v) is 6.60. The topological polar surface area (TPSA) is 0 Å². The molecule has 1 aromatic carbocycles. The van der Waals surface area contributed by atoms with E-state index in [2.05, 4.69) is 65.8 Å². The summed E-state index contributed by atoms with van der Waals surface area (Å²) < 4.78 is 0. The van der Waals surface area contributed by atoms with Gasteiger partial charge in [0.2, 0.25) is 0 Å². The second kappa shape index (κ2) is 8.38. The van der Waals surface area contributed by atoms with E-state index >= 15 is 0 Å². The third-order valence-electron chi connectivity index (χ3n) is 2.29. The first-order chi connectivity index (χ1) is 7.51. The Morgan fingerprint density at radius 2 is 1.31 bits per heavy atom. The van der Waals surface area contributed by atoms with Crippen LogP contribution < -0.4 is 0 Å². The highest BCUT2D eigenvalue weighted by atomic mass is 14.1. The van der Waals surface area contributed by atoms with Gasteiger partial charge >= 0.3 is 0 Å². The van der Waals surface area contributed by atoms with Gasteiger partial charge < -0.3 is 0 Å². The maximum Gasteiger partial charge on any atom is -0.0219 e. The van der Waals surface area contributed by atoms with Gasteiger partial charge in [-0.2, -0.15) is 0 Å². The van der Waals surface area contributed by atoms with Gasteiger partial charge in [-0.3, -0.25) is 0 Å². The zero-order chi connectivity index (χ0) is 12.6. The largest absolute Gasteiger partial charge is 0.0656 e. The fourth-order valence-electron chi connectivity index (χ4n) is 1.51. The summed E-state index contributed by atoms with van der Waals surface area (Å²) in [5, 5.41) is 0. The molecule has 0 nitrogen and oxygen atoms in total. The molecule has 16 heavy (non-hydrogen) atoms. The van der Waals surface area contributed by atoms with Crippen LogP contribution in [0.5, 0.6) is 0 Å². The highest BCUT2D eigenvalue weighted by Gasteiger charge is 2.00. The molecule has 0 unspecified atom stereocenters. The molecule has 0 aliphatic rings. The summed E-state index contributed by atoms with van der Waals surface area (Å²) in [6.07, 6.45) is 2.44. The van der Waals surface area contributed by atoms with Crippen molar-refractivity contribution in [2.45, 2.75) is 60.3 Å². The molecule has 0 aliphatic heterocycles. The van der Waals surface area contributed by atoms with Crippen molar-refractivity contribution in [3.63, 3.8) is 0 Å². The van der Waals surface area contributed by atoms with Gasteiger partial charge in [-0.15, -0.1) is 0 Å². The van der Waals surface area contributed by atoms with E-state index in [9.17, 15) is 0 Å². The quantitative estimate of drug-likeness (QED) is 0.637. The average Bonchev–Trinajstić information content (AvgIpc) is 2.18. The minimum absolute atomic E-state index is 0.646. The zero-order valence-electron chi connectivity index (χ0n) is 11.9. The predicted octanol–water partition coefficient (Wildman–Crippen LogP) is 5.42.